The van der Waals surface area contributed by atoms with E-state index in [1.54, 1.807) is 23.3 Å². The van der Waals surface area contributed by atoms with E-state index in [0.717, 1.165) is 9.26 Å². The quantitative estimate of drug-likeness (QED) is 0.351. The van der Waals surface area contributed by atoms with Crippen molar-refractivity contribution in [1.29, 1.82) is 0 Å². The fraction of sp³-hybridized carbons (Fsp3) is 0. The van der Waals surface area contributed by atoms with Gasteiger partial charge in [0.25, 0.3) is 0 Å². The van der Waals surface area contributed by atoms with Crippen molar-refractivity contribution in [3.05, 3.63) is 46.6 Å². The standard InChI is InChI=1S/C12H11IN8/c13-8-3-1-2-4-9(8)16-10-17-11(20-14)19-12(18-10)21-6-5-15-7-21/h1-7H,14H2,(H2,16,17,18,19,20). The molecule has 21 heavy (non-hydrogen) atoms. The van der Waals surface area contributed by atoms with Crippen LogP contribution in [0.5, 0.6) is 0 Å². The Kier molecular flexibility index (Phi) is 3.92. The summed E-state index contributed by atoms with van der Waals surface area (Å²) in [5, 5.41) is 3.15. The highest BCUT2D eigenvalue weighted by molar-refractivity contribution is 14.1. The van der Waals surface area contributed by atoms with Gasteiger partial charge in [-0.15, -0.1) is 0 Å². The second-order valence-corrected chi connectivity index (χ2v) is 5.16. The van der Waals surface area contributed by atoms with Crippen LogP contribution in [0, 0.1) is 3.57 Å². The first kappa shape index (κ1) is 13.7. The normalized spacial score (nSPS) is 10.4. The zero-order valence-corrected chi connectivity index (χ0v) is 12.9. The van der Waals surface area contributed by atoms with Crippen LogP contribution in [-0.4, -0.2) is 24.5 Å². The Hall–Kier alpha value is -2.27. The van der Waals surface area contributed by atoms with E-state index in [1.807, 2.05) is 24.3 Å². The summed E-state index contributed by atoms with van der Waals surface area (Å²) >= 11 is 2.24. The minimum absolute atomic E-state index is 0.266. The first-order chi connectivity index (χ1) is 10.3. The summed E-state index contributed by atoms with van der Waals surface area (Å²) < 4.78 is 2.73. The molecule has 106 valence electrons. The number of para-hydroxylation sites is 1. The van der Waals surface area contributed by atoms with E-state index in [9.17, 15) is 0 Å². The lowest BCUT2D eigenvalue weighted by Crippen LogP contribution is -2.14. The minimum atomic E-state index is 0.266. The average Bonchev–Trinajstić information content (AvgIpc) is 3.04. The van der Waals surface area contributed by atoms with E-state index in [2.05, 4.69) is 53.3 Å². The number of nitrogen functional groups attached to an aromatic ring is 1. The molecule has 0 amide bonds. The number of benzene rings is 1. The SMILES string of the molecule is NNc1nc(Nc2ccccc2I)nc(-n2ccnc2)n1. The Morgan fingerprint density at radius 2 is 1.90 bits per heavy atom. The van der Waals surface area contributed by atoms with Crippen molar-refractivity contribution in [2.24, 2.45) is 5.84 Å². The van der Waals surface area contributed by atoms with Gasteiger partial charge in [-0.3, -0.25) is 9.99 Å². The molecule has 4 N–H and O–H groups in total. The third-order valence-corrected chi connectivity index (χ3v) is 3.55. The first-order valence-corrected chi connectivity index (χ1v) is 7.07. The number of halogens is 1. The lowest BCUT2D eigenvalue weighted by Gasteiger charge is -2.09. The number of nitrogens with one attached hydrogen (secondary N) is 2. The largest absolute Gasteiger partial charge is 0.323 e. The maximum atomic E-state index is 5.41. The summed E-state index contributed by atoms with van der Waals surface area (Å²) in [7, 11) is 0. The Bertz CT molecular complexity index is 743. The number of hydrazine groups is 1. The summed E-state index contributed by atoms with van der Waals surface area (Å²) in [4.78, 5) is 16.7. The van der Waals surface area contributed by atoms with Crippen LogP contribution < -0.4 is 16.6 Å². The molecule has 0 fully saturated rings. The lowest BCUT2D eigenvalue weighted by atomic mass is 10.3. The number of nitrogens with zero attached hydrogens (tertiary/aromatic N) is 5. The topological polar surface area (TPSA) is 107 Å². The maximum Gasteiger partial charge on any atom is 0.243 e. The summed E-state index contributed by atoms with van der Waals surface area (Å²) in [5.41, 5.74) is 3.34. The van der Waals surface area contributed by atoms with Gasteiger partial charge in [0.2, 0.25) is 17.8 Å². The van der Waals surface area contributed by atoms with Crippen molar-refractivity contribution in [3.8, 4) is 5.95 Å². The summed E-state index contributed by atoms with van der Waals surface area (Å²) in [5.74, 6) is 6.49. The van der Waals surface area contributed by atoms with Crippen LogP contribution >= 0.6 is 22.6 Å². The van der Waals surface area contributed by atoms with Crippen LogP contribution in [0.3, 0.4) is 0 Å². The Balaban J connectivity index is 1.99. The number of hydrogen-bond acceptors (Lipinski definition) is 7. The van der Waals surface area contributed by atoms with Crippen molar-refractivity contribution < 1.29 is 0 Å². The number of rotatable bonds is 4. The number of anilines is 3. The minimum Gasteiger partial charge on any atom is -0.323 e. The molecule has 2 heterocycles. The van der Waals surface area contributed by atoms with Crippen LogP contribution in [0.15, 0.2) is 43.0 Å². The monoisotopic (exact) mass is 394 g/mol. The summed E-state index contributed by atoms with van der Waals surface area (Å²) in [6.07, 6.45) is 4.99. The third kappa shape index (κ3) is 3.08. The van der Waals surface area contributed by atoms with E-state index in [4.69, 9.17) is 5.84 Å². The fourth-order valence-electron chi connectivity index (χ4n) is 1.66. The number of imidazole rings is 1. The Morgan fingerprint density at radius 1 is 1.10 bits per heavy atom. The highest BCUT2D eigenvalue weighted by atomic mass is 127. The van der Waals surface area contributed by atoms with Crippen molar-refractivity contribution >= 4 is 40.2 Å². The molecule has 0 aliphatic carbocycles. The van der Waals surface area contributed by atoms with E-state index >= 15 is 0 Å². The van der Waals surface area contributed by atoms with Crippen molar-refractivity contribution in [2.45, 2.75) is 0 Å². The van der Waals surface area contributed by atoms with Gasteiger partial charge in [0.15, 0.2) is 0 Å². The van der Waals surface area contributed by atoms with Crippen LogP contribution in [0.1, 0.15) is 0 Å². The Morgan fingerprint density at radius 3 is 2.62 bits per heavy atom. The molecule has 0 atom stereocenters. The molecule has 0 aliphatic rings. The van der Waals surface area contributed by atoms with Gasteiger partial charge < -0.3 is 5.32 Å². The zero-order chi connectivity index (χ0) is 14.7. The van der Waals surface area contributed by atoms with Gasteiger partial charge in [0, 0.05) is 16.0 Å². The Labute approximate surface area is 134 Å². The lowest BCUT2D eigenvalue weighted by molar-refractivity contribution is 0.898. The van der Waals surface area contributed by atoms with Gasteiger partial charge in [-0.25, -0.2) is 10.8 Å². The summed E-state index contributed by atoms with van der Waals surface area (Å²) in [6, 6.07) is 7.83. The molecule has 0 spiro atoms. The zero-order valence-electron chi connectivity index (χ0n) is 10.7. The predicted molar refractivity (Wildman–Crippen MR) is 87.2 cm³/mol. The smallest absolute Gasteiger partial charge is 0.243 e. The van der Waals surface area contributed by atoms with Crippen LogP contribution in [0.25, 0.3) is 5.95 Å². The highest BCUT2D eigenvalue weighted by Crippen LogP contribution is 2.21. The molecule has 0 bridgehead atoms. The van der Waals surface area contributed by atoms with Crippen molar-refractivity contribution in [1.82, 2.24) is 24.5 Å². The molecule has 0 saturated heterocycles. The molecule has 9 heteroatoms. The van der Waals surface area contributed by atoms with Crippen molar-refractivity contribution in [3.63, 3.8) is 0 Å². The average molecular weight is 394 g/mol. The van der Waals surface area contributed by atoms with E-state index in [1.165, 1.54) is 0 Å². The molecule has 0 saturated carbocycles. The van der Waals surface area contributed by atoms with Crippen LogP contribution in [0.2, 0.25) is 0 Å². The molecular weight excluding hydrogens is 383 g/mol. The number of aromatic nitrogens is 5. The molecule has 0 radical (unpaired) electrons. The van der Waals surface area contributed by atoms with Gasteiger partial charge in [0.05, 0.1) is 5.69 Å². The van der Waals surface area contributed by atoms with E-state index in [0.29, 0.717) is 11.9 Å². The van der Waals surface area contributed by atoms with Gasteiger partial charge >= 0.3 is 0 Å². The number of nitrogens with two attached hydrogens (primary N) is 1. The van der Waals surface area contributed by atoms with E-state index < -0.39 is 0 Å². The molecule has 1 aromatic carbocycles. The second-order valence-electron chi connectivity index (χ2n) is 4.00. The van der Waals surface area contributed by atoms with Crippen molar-refractivity contribution in [2.75, 3.05) is 10.7 Å². The summed E-state index contributed by atoms with van der Waals surface area (Å²) in [6.45, 7) is 0. The van der Waals surface area contributed by atoms with Gasteiger partial charge in [0.1, 0.15) is 6.33 Å². The molecule has 8 nitrogen and oxygen atoms in total. The second kappa shape index (κ2) is 6.01. The predicted octanol–water partition coefficient (Wildman–Crippen LogP) is 1.69. The van der Waals surface area contributed by atoms with Crippen LogP contribution in [-0.2, 0) is 0 Å². The van der Waals surface area contributed by atoms with Gasteiger partial charge in [-0.1, -0.05) is 12.1 Å². The fourth-order valence-corrected chi connectivity index (χ4v) is 2.18. The highest BCUT2D eigenvalue weighted by Gasteiger charge is 2.08. The maximum absolute atomic E-state index is 5.41. The molecular formula is C12H11IN8. The van der Waals surface area contributed by atoms with Gasteiger partial charge in [-0.05, 0) is 34.7 Å². The molecule has 2 aromatic heterocycles. The van der Waals surface area contributed by atoms with Crippen LogP contribution in [0.4, 0.5) is 17.6 Å². The first-order valence-electron chi connectivity index (χ1n) is 5.99. The molecule has 0 unspecified atom stereocenters. The molecule has 0 aliphatic heterocycles. The van der Waals surface area contributed by atoms with E-state index in [-0.39, 0.29) is 5.95 Å². The number of hydrogen-bond donors (Lipinski definition) is 3. The molecule has 3 rings (SSSR count). The van der Waals surface area contributed by atoms with Gasteiger partial charge in [-0.2, -0.15) is 15.0 Å². The third-order valence-electron chi connectivity index (χ3n) is 2.61. The molecule has 3 aromatic rings.